The highest BCUT2D eigenvalue weighted by atomic mass is 35.5. The van der Waals surface area contributed by atoms with Crippen molar-refractivity contribution in [1.29, 1.82) is 0 Å². The van der Waals surface area contributed by atoms with Gasteiger partial charge in [0.1, 0.15) is 5.54 Å². The molecule has 1 saturated carbocycles. The van der Waals surface area contributed by atoms with Crippen molar-refractivity contribution < 1.29 is 9.59 Å². The second kappa shape index (κ2) is 9.92. The summed E-state index contributed by atoms with van der Waals surface area (Å²) in [6.45, 7) is 1.94. The van der Waals surface area contributed by atoms with Crippen molar-refractivity contribution >= 4 is 24.2 Å². The van der Waals surface area contributed by atoms with Gasteiger partial charge in [-0.1, -0.05) is 19.3 Å². The molecule has 26 heavy (non-hydrogen) atoms. The molecule has 2 amide bonds. The molecule has 1 aliphatic carbocycles. The minimum Gasteiger partial charge on any atom is -0.353 e. The van der Waals surface area contributed by atoms with Crippen LogP contribution in [0.2, 0.25) is 0 Å². The molecular weight excluding hydrogens is 354 g/mol. The molecule has 2 heterocycles. The Labute approximate surface area is 161 Å². The second-order valence-corrected chi connectivity index (χ2v) is 7.14. The summed E-state index contributed by atoms with van der Waals surface area (Å²) in [5.41, 5.74) is -0.644. The van der Waals surface area contributed by atoms with Gasteiger partial charge in [-0.3, -0.25) is 14.3 Å². The van der Waals surface area contributed by atoms with Crippen molar-refractivity contribution in [3.05, 3.63) is 18.5 Å². The Morgan fingerprint density at radius 2 is 1.92 bits per heavy atom. The van der Waals surface area contributed by atoms with E-state index in [1.807, 2.05) is 12.3 Å². The van der Waals surface area contributed by atoms with E-state index >= 15 is 0 Å². The van der Waals surface area contributed by atoms with Crippen LogP contribution in [0.4, 0.5) is 0 Å². The molecule has 0 bridgehead atoms. The Morgan fingerprint density at radius 3 is 2.58 bits per heavy atom. The zero-order valence-electron chi connectivity index (χ0n) is 15.2. The average molecular weight is 384 g/mol. The summed E-state index contributed by atoms with van der Waals surface area (Å²) in [7, 11) is 0. The molecule has 2 aliphatic rings. The Balaban J connectivity index is 0.00000243. The molecule has 0 spiro atoms. The molecule has 0 unspecified atom stereocenters. The van der Waals surface area contributed by atoms with E-state index in [0.717, 1.165) is 25.9 Å². The van der Waals surface area contributed by atoms with Crippen molar-refractivity contribution in [1.82, 2.24) is 25.7 Å². The van der Waals surface area contributed by atoms with Gasteiger partial charge in [-0.2, -0.15) is 5.10 Å². The Hall–Kier alpha value is -1.60. The minimum atomic E-state index is -0.644. The fraction of sp³-hybridized carbons (Fsp3) is 0.722. The second-order valence-electron chi connectivity index (χ2n) is 7.14. The number of carbonyl (C=O) groups is 2. The summed E-state index contributed by atoms with van der Waals surface area (Å²) >= 11 is 0. The number of halogens is 1. The normalized spacial score (nSPS) is 20.0. The van der Waals surface area contributed by atoms with E-state index in [-0.39, 0.29) is 24.2 Å². The third-order valence-electron chi connectivity index (χ3n) is 5.40. The SMILES string of the molecule is Cl.O=C(CCNC(=O)C1(n2cccn2)CCNCC1)NC1CCCCC1. The highest BCUT2D eigenvalue weighted by Crippen LogP contribution is 2.27. The van der Waals surface area contributed by atoms with Crippen LogP contribution in [-0.4, -0.2) is 47.3 Å². The fourth-order valence-corrected chi connectivity index (χ4v) is 3.92. The molecule has 1 aromatic heterocycles. The Morgan fingerprint density at radius 1 is 1.19 bits per heavy atom. The lowest BCUT2D eigenvalue weighted by Gasteiger charge is -2.36. The quantitative estimate of drug-likeness (QED) is 0.691. The van der Waals surface area contributed by atoms with Gasteiger partial charge in [0.25, 0.3) is 0 Å². The van der Waals surface area contributed by atoms with Gasteiger partial charge in [-0.15, -0.1) is 12.4 Å². The highest BCUT2D eigenvalue weighted by molar-refractivity contribution is 5.85. The minimum absolute atomic E-state index is 0. The summed E-state index contributed by atoms with van der Waals surface area (Å²) in [5, 5.41) is 13.6. The maximum atomic E-state index is 12.9. The summed E-state index contributed by atoms with van der Waals surface area (Å²) in [6, 6.07) is 2.16. The van der Waals surface area contributed by atoms with Crippen LogP contribution in [0.15, 0.2) is 18.5 Å². The maximum Gasteiger partial charge on any atom is 0.248 e. The largest absolute Gasteiger partial charge is 0.353 e. The van der Waals surface area contributed by atoms with E-state index in [1.54, 1.807) is 10.9 Å². The zero-order valence-corrected chi connectivity index (χ0v) is 16.0. The van der Waals surface area contributed by atoms with E-state index < -0.39 is 5.54 Å². The number of amides is 2. The maximum absolute atomic E-state index is 12.9. The fourth-order valence-electron chi connectivity index (χ4n) is 3.92. The number of hydrogen-bond acceptors (Lipinski definition) is 4. The van der Waals surface area contributed by atoms with Crippen molar-refractivity contribution in [2.24, 2.45) is 0 Å². The smallest absolute Gasteiger partial charge is 0.248 e. The molecule has 2 fully saturated rings. The molecule has 0 aromatic carbocycles. The van der Waals surface area contributed by atoms with Crippen LogP contribution >= 0.6 is 12.4 Å². The van der Waals surface area contributed by atoms with E-state index in [2.05, 4.69) is 21.0 Å². The molecule has 8 heteroatoms. The molecular formula is C18H30ClN5O2. The first-order valence-electron chi connectivity index (χ1n) is 9.49. The molecule has 1 aliphatic heterocycles. The van der Waals surface area contributed by atoms with Crippen LogP contribution in [0, 0.1) is 0 Å². The predicted octanol–water partition coefficient (Wildman–Crippen LogP) is 1.34. The van der Waals surface area contributed by atoms with E-state index in [4.69, 9.17) is 0 Å². The molecule has 7 nitrogen and oxygen atoms in total. The first-order valence-corrected chi connectivity index (χ1v) is 9.49. The molecule has 3 rings (SSSR count). The standard InChI is InChI=1S/C18H29N5O2.ClH/c24-16(22-15-5-2-1-3-6-15)7-11-20-17(25)18(8-12-19-13-9-18)23-14-4-10-21-23;/h4,10,14-15,19H,1-3,5-9,11-13H2,(H,20,25)(H,22,24);1H. The first kappa shape index (κ1) is 20.7. The van der Waals surface area contributed by atoms with Crippen LogP contribution < -0.4 is 16.0 Å². The average Bonchev–Trinajstić information content (AvgIpc) is 3.18. The summed E-state index contributed by atoms with van der Waals surface area (Å²) in [4.78, 5) is 24.9. The van der Waals surface area contributed by atoms with E-state index in [9.17, 15) is 9.59 Å². The molecule has 1 saturated heterocycles. The van der Waals surface area contributed by atoms with Crippen molar-refractivity contribution in [2.75, 3.05) is 19.6 Å². The van der Waals surface area contributed by atoms with Gasteiger partial charge < -0.3 is 16.0 Å². The van der Waals surface area contributed by atoms with Gasteiger partial charge >= 0.3 is 0 Å². The van der Waals surface area contributed by atoms with Gasteiger partial charge in [0.2, 0.25) is 11.8 Å². The molecule has 3 N–H and O–H groups in total. The highest BCUT2D eigenvalue weighted by Gasteiger charge is 2.41. The molecule has 0 radical (unpaired) electrons. The van der Waals surface area contributed by atoms with Gasteiger partial charge in [-0.25, -0.2) is 0 Å². The van der Waals surface area contributed by atoms with Crippen LogP contribution in [0.5, 0.6) is 0 Å². The third kappa shape index (κ3) is 4.98. The lowest BCUT2D eigenvalue weighted by atomic mass is 9.87. The van der Waals surface area contributed by atoms with Crippen molar-refractivity contribution in [3.63, 3.8) is 0 Å². The number of aromatic nitrogens is 2. The number of piperidine rings is 1. The van der Waals surface area contributed by atoms with Crippen LogP contribution in [0.1, 0.15) is 51.4 Å². The van der Waals surface area contributed by atoms with Gasteiger partial charge in [-0.05, 0) is 44.8 Å². The lowest BCUT2D eigenvalue weighted by Crippen LogP contribution is -2.55. The Bertz CT molecular complexity index is 566. The molecule has 1 aromatic rings. The monoisotopic (exact) mass is 383 g/mol. The van der Waals surface area contributed by atoms with Crippen molar-refractivity contribution in [3.8, 4) is 0 Å². The molecule has 0 atom stereocenters. The van der Waals surface area contributed by atoms with Crippen LogP contribution in [0.3, 0.4) is 0 Å². The third-order valence-corrected chi connectivity index (χ3v) is 5.40. The predicted molar refractivity (Wildman–Crippen MR) is 102 cm³/mol. The van der Waals surface area contributed by atoms with Crippen LogP contribution in [-0.2, 0) is 15.1 Å². The summed E-state index contributed by atoms with van der Waals surface area (Å²) in [5.74, 6) is -0.00573. The number of rotatable bonds is 6. The topological polar surface area (TPSA) is 88.0 Å². The summed E-state index contributed by atoms with van der Waals surface area (Å²) < 4.78 is 1.77. The van der Waals surface area contributed by atoms with Crippen molar-refractivity contribution in [2.45, 2.75) is 62.9 Å². The summed E-state index contributed by atoms with van der Waals surface area (Å²) in [6.07, 6.45) is 11.1. The van der Waals surface area contributed by atoms with E-state index in [1.165, 1.54) is 19.3 Å². The van der Waals surface area contributed by atoms with Gasteiger partial charge in [0, 0.05) is 31.4 Å². The first-order chi connectivity index (χ1) is 12.2. The lowest BCUT2D eigenvalue weighted by molar-refractivity contribution is -0.132. The number of carbonyl (C=O) groups excluding carboxylic acids is 2. The number of hydrogen-bond donors (Lipinski definition) is 3. The van der Waals surface area contributed by atoms with Crippen LogP contribution in [0.25, 0.3) is 0 Å². The van der Waals surface area contributed by atoms with Gasteiger partial charge in [0.05, 0.1) is 0 Å². The Kier molecular flexibility index (Phi) is 7.90. The van der Waals surface area contributed by atoms with Gasteiger partial charge in [0.15, 0.2) is 0 Å². The molecule has 146 valence electrons. The van der Waals surface area contributed by atoms with E-state index in [0.29, 0.717) is 31.8 Å². The zero-order chi connectivity index (χ0) is 17.5. The number of nitrogens with zero attached hydrogens (tertiary/aromatic N) is 2. The number of nitrogens with one attached hydrogen (secondary N) is 3.